The standard InChI is InChI=1S/C29H31ClN6O4/c30-23-13-32-29(33-21-7-9-40-10-8-21)35-27(23)18-3-4-20-14-36(28(39)22(20)11-18)15-26(38)34-25(16-37)24-6-5-19(12-31-24)17-1-2-17/h3-6,11-13,17,21,25,37H,1-2,7-10,14-16H2,(H,34,38)(H,32,33,35)/t25-/m1/s1. The molecule has 0 radical (unpaired) electrons. The van der Waals surface area contributed by atoms with E-state index in [1.165, 1.54) is 23.3 Å². The number of nitrogens with one attached hydrogen (secondary N) is 2. The first-order valence-electron chi connectivity index (χ1n) is 13.6. The molecule has 2 amide bonds. The summed E-state index contributed by atoms with van der Waals surface area (Å²) in [4.78, 5) is 41.0. The van der Waals surface area contributed by atoms with E-state index in [0.717, 1.165) is 18.4 Å². The number of carbonyl (C=O) groups excluding carboxylic acids is 2. The van der Waals surface area contributed by atoms with Gasteiger partial charge in [-0.05, 0) is 54.9 Å². The third kappa shape index (κ3) is 5.79. The van der Waals surface area contributed by atoms with Crippen molar-refractivity contribution in [3.8, 4) is 11.3 Å². The van der Waals surface area contributed by atoms with Gasteiger partial charge < -0.3 is 25.4 Å². The van der Waals surface area contributed by atoms with Crippen molar-refractivity contribution in [3.05, 3.63) is 70.1 Å². The van der Waals surface area contributed by atoms with Gasteiger partial charge in [0, 0.05) is 43.1 Å². The molecule has 2 aromatic heterocycles. The third-order valence-electron chi connectivity index (χ3n) is 7.63. The fourth-order valence-corrected chi connectivity index (χ4v) is 5.41. The van der Waals surface area contributed by atoms with Crippen LogP contribution in [0.5, 0.6) is 0 Å². The Labute approximate surface area is 237 Å². The largest absolute Gasteiger partial charge is 0.394 e. The van der Waals surface area contributed by atoms with Gasteiger partial charge in [0.05, 0.1) is 35.3 Å². The highest BCUT2D eigenvalue weighted by Crippen LogP contribution is 2.39. The number of pyridine rings is 1. The van der Waals surface area contributed by atoms with Gasteiger partial charge in [0.1, 0.15) is 6.54 Å². The molecule has 3 aliphatic rings. The van der Waals surface area contributed by atoms with Gasteiger partial charge in [0.15, 0.2) is 0 Å². The molecule has 0 unspecified atom stereocenters. The Morgan fingerprint density at radius 3 is 2.67 bits per heavy atom. The van der Waals surface area contributed by atoms with Gasteiger partial charge in [-0.3, -0.25) is 14.6 Å². The lowest BCUT2D eigenvalue weighted by Crippen LogP contribution is -2.40. The van der Waals surface area contributed by atoms with Crippen molar-refractivity contribution in [2.75, 3.05) is 31.7 Å². The molecule has 1 atom stereocenters. The summed E-state index contributed by atoms with van der Waals surface area (Å²) in [7, 11) is 0. The maximum absolute atomic E-state index is 13.3. The van der Waals surface area contributed by atoms with Crippen LogP contribution >= 0.6 is 11.6 Å². The van der Waals surface area contributed by atoms with Gasteiger partial charge in [-0.15, -0.1) is 0 Å². The van der Waals surface area contributed by atoms with Crippen LogP contribution in [0.2, 0.25) is 5.02 Å². The molecule has 3 aromatic rings. The van der Waals surface area contributed by atoms with Gasteiger partial charge in [-0.2, -0.15) is 0 Å². The molecular weight excluding hydrogens is 532 g/mol. The Morgan fingerprint density at radius 2 is 1.95 bits per heavy atom. The molecule has 11 heteroatoms. The van der Waals surface area contributed by atoms with Crippen molar-refractivity contribution in [3.63, 3.8) is 0 Å². The average molecular weight is 563 g/mol. The van der Waals surface area contributed by atoms with E-state index in [9.17, 15) is 14.7 Å². The van der Waals surface area contributed by atoms with Crippen LogP contribution in [0, 0.1) is 0 Å². The highest BCUT2D eigenvalue weighted by molar-refractivity contribution is 6.33. The Bertz CT molecular complexity index is 1410. The zero-order valence-electron chi connectivity index (χ0n) is 22.0. The van der Waals surface area contributed by atoms with Crippen LogP contribution in [0.15, 0.2) is 42.7 Å². The van der Waals surface area contributed by atoms with Crippen molar-refractivity contribution in [1.82, 2.24) is 25.2 Å². The van der Waals surface area contributed by atoms with Gasteiger partial charge in [0.2, 0.25) is 11.9 Å². The number of fused-ring (bicyclic) bond motifs is 1. The second-order valence-corrected chi connectivity index (χ2v) is 11.0. The maximum atomic E-state index is 13.3. The van der Waals surface area contributed by atoms with E-state index >= 15 is 0 Å². The number of hydrogen-bond acceptors (Lipinski definition) is 8. The number of carbonyl (C=O) groups is 2. The molecular formula is C29H31ClN6O4. The fraction of sp³-hybridized carbons (Fsp3) is 0.414. The Hall–Kier alpha value is -3.60. The van der Waals surface area contributed by atoms with Crippen LogP contribution in [0.25, 0.3) is 11.3 Å². The zero-order valence-corrected chi connectivity index (χ0v) is 22.7. The number of aliphatic hydroxyl groups excluding tert-OH is 1. The number of amides is 2. The Kier molecular flexibility index (Phi) is 7.64. The number of anilines is 1. The summed E-state index contributed by atoms with van der Waals surface area (Å²) in [5.41, 5.74) is 4.33. The Morgan fingerprint density at radius 1 is 1.12 bits per heavy atom. The summed E-state index contributed by atoms with van der Waals surface area (Å²) in [6, 6.07) is 8.94. The van der Waals surface area contributed by atoms with Gasteiger partial charge in [0.25, 0.3) is 5.91 Å². The van der Waals surface area contributed by atoms with Crippen LogP contribution < -0.4 is 10.6 Å². The number of hydrogen-bond donors (Lipinski definition) is 3. The van der Waals surface area contributed by atoms with Crippen LogP contribution in [-0.2, 0) is 16.1 Å². The summed E-state index contributed by atoms with van der Waals surface area (Å²) < 4.78 is 5.42. The normalized spacial score (nSPS) is 17.9. The molecule has 1 aliphatic carbocycles. The minimum Gasteiger partial charge on any atom is -0.394 e. The Balaban J connectivity index is 1.11. The second-order valence-electron chi connectivity index (χ2n) is 10.5. The number of halogens is 1. The lowest BCUT2D eigenvalue weighted by Gasteiger charge is -2.23. The quantitative estimate of drug-likeness (QED) is 0.361. The summed E-state index contributed by atoms with van der Waals surface area (Å²) in [6.45, 7) is 1.29. The predicted molar refractivity (Wildman–Crippen MR) is 149 cm³/mol. The fourth-order valence-electron chi connectivity index (χ4n) is 5.21. The van der Waals surface area contributed by atoms with Crippen molar-refractivity contribution in [2.45, 2.75) is 50.2 Å². The average Bonchev–Trinajstić information content (AvgIpc) is 3.78. The minimum absolute atomic E-state index is 0.132. The molecule has 2 fully saturated rings. The van der Waals surface area contributed by atoms with Crippen molar-refractivity contribution in [2.24, 2.45) is 0 Å². The molecule has 208 valence electrons. The van der Waals surface area contributed by atoms with E-state index in [2.05, 4.69) is 25.6 Å². The topological polar surface area (TPSA) is 130 Å². The highest BCUT2D eigenvalue weighted by Gasteiger charge is 2.30. The van der Waals surface area contributed by atoms with Gasteiger partial charge in [-0.25, -0.2) is 9.97 Å². The number of rotatable bonds is 9. The van der Waals surface area contributed by atoms with Crippen LogP contribution in [0.3, 0.4) is 0 Å². The second kappa shape index (κ2) is 11.5. The van der Waals surface area contributed by atoms with Gasteiger partial charge in [-0.1, -0.05) is 29.8 Å². The van der Waals surface area contributed by atoms with E-state index < -0.39 is 6.04 Å². The first kappa shape index (κ1) is 26.6. The first-order chi connectivity index (χ1) is 19.5. The first-order valence-corrected chi connectivity index (χ1v) is 14.0. The van der Waals surface area contributed by atoms with E-state index in [1.54, 1.807) is 12.3 Å². The van der Waals surface area contributed by atoms with Crippen LogP contribution in [0.1, 0.15) is 64.8 Å². The van der Waals surface area contributed by atoms with E-state index in [4.69, 9.17) is 16.3 Å². The smallest absolute Gasteiger partial charge is 0.254 e. The molecule has 1 aromatic carbocycles. The predicted octanol–water partition coefficient (Wildman–Crippen LogP) is 3.47. The molecule has 1 saturated heterocycles. The zero-order chi connectivity index (χ0) is 27.6. The van der Waals surface area contributed by atoms with Crippen molar-refractivity contribution >= 4 is 29.4 Å². The molecule has 40 heavy (non-hydrogen) atoms. The number of aliphatic hydroxyl groups is 1. The number of benzene rings is 1. The molecule has 10 nitrogen and oxygen atoms in total. The van der Waals surface area contributed by atoms with Crippen molar-refractivity contribution < 1.29 is 19.4 Å². The summed E-state index contributed by atoms with van der Waals surface area (Å²) in [5.74, 6) is 0.445. The number of nitrogens with zero attached hydrogens (tertiary/aromatic N) is 4. The molecule has 1 saturated carbocycles. The highest BCUT2D eigenvalue weighted by atomic mass is 35.5. The molecule has 0 bridgehead atoms. The summed E-state index contributed by atoms with van der Waals surface area (Å²) in [6.07, 6.45) is 7.48. The van der Waals surface area contributed by atoms with Crippen molar-refractivity contribution in [1.29, 1.82) is 0 Å². The number of aromatic nitrogens is 3. The lowest BCUT2D eigenvalue weighted by molar-refractivity contribution is -0.122. The third-order valence-corrected chi connectivity index (χ3v) is 7.90. The molecule has 3 N–H and O–H groups in total. The molecule has 6 rings (SSSR count). The SMILES string of the molecule is O=C(CN1Cc2ccc(-c3nc(NC4CCOCC4)ncc3Cl)cc2C1=O)N[C@H](CO)c1ccc(C2CC2)cn1. The molecule has 0 spiro atoms. The number of ether oxygens (including phenoxy) is 1. The van der Waals surface area contributed by atoms with E-state index in [0.29, 0.717) is 59.2 Å². The van der Waals surface area contributed by atoms with Crippen LogP contribution in [-0.4, -0.2) is 69.2 Å². The summed E-state index contributed by atoms with van der Waals surface area (Å²) >= 11 is 6.45. The summed E-state index contributed by atoms with van der Waals surface area (Å²) in [5, 5.41) is 16.4. The monoisotopic (exact) mass is 562 g/mol. The van der Waals surface area contributed by atoms with Gasteiger partial charge >= 0.3 is 0 Å². The molecule has 4 heterocycles. The lowest BCUT2D eigenvalue weighted by atomic mass is 10.0. The van der Waals surface area contributed by atoms with Crippen LogP contribution in [0.4, 0.5) is 5.95 Å². The maximum Gasteiger partial charge on any atom is 0.254 e. The molecule has 2 aliphatic heterocycles. The van der Waals surface area contributed by atoms with E-state index in [-0.39, 0.29) is 31.0 Å². The van der Waals surface area contributed by atoms with E-state index in [1.807, 2.05) is 30.5 Å². The minimum atomic E-state index is -0.642.